The van der Waals surface area contributed by atoms with Gasteiger partial charge in [0.25, 0.3) is 0 Å². The van der Waals surface area contributed by atoms with Crippen LogP contribution in [0.15, 0.2) is 22.7 Å². The second-order valence-corrected chi connectivity index (χ2v) is 4.22. The molecular weight excluding hydrogens is 190 g/mol. The van der Waals surface area contributed by atoms with Crippen molar-refractivity contribution >= 4 is 11.0 Å². The van der Waals surface area contributed by atoms with Crippen LogP contribution in [0, 0.1) is 5.92 Å². The van der Waals surface area contributed by atoms with Gasteiger partial charge < -0.3 is 9.63 Å². The fourth-order valence-corrected chi connectivity index (χ4v) is 1.67. The van der Waals surface area contributed by atoms with Crippen molar-refractivity contribution in [2.45, 2.75) is 26.9 Å². The smallest absolute Gasteiger partial charge is 0.167 e. The minimum atomic E-state index is 0.0578. The Kier molecular flexibility index (Phi) is 2.73. The molecule has 1 aromatic heterocycles. The molecule has 0 spiro atoms. The molecule has 0 aliphatic heterocycles. The summed E-state index contributed by atoms with van der Waals surface area (Å²) in [7, 11) is 0. The predicted molar refractivity (Wildman–Crippen MR) is 58.5 cm³/mol. The van der Waals surface area contributed by atoms with Crippen molar-refractivity contribution < 1.29 is 9.63 Å². The lowest BCUT2D eigenvalue weighted by molar-refractivity contribution is 0.282. The van der Waals surface area contributed by atoms with Gasteiger partial charge in [0.1, 0.15) is 0 Å². The van der Waals surface area contributed by atoms with Crippen molar-refractivity contribution in [2.75, 3.05) is 0 Å². The monoisotopic (exact) mass is 205 g/mol. The molecule has 0 saturated carbocycles. The standard InChI is InChI=1S/C12H15NO2/c1-8(2)5-11-10-6-9(7-14)3-4-12(10)15-13-11/h3-4,6,8,14H,5,7H2,1-2H3. The first-order valence-corrected chi connectivity index (χ1v) is 5.18. The molecule has 0 fully saturated rings. The molecule has 0 amide bonds. The highest BCUT2D eigenvalue weighted by molar-refractivity contribution is 5.80. The third kappa shape index (κ3) is 2.02. The van der Waals surface area contributed by atoms with Gasteiger partial charge in [0, 0.05) is 5.39 Å². The van der Waals surface area contributed by atoms with Crippen LogP contribution >= 0.6 is 0 Å². The third-order valence-electron chi connectivity index (χ3n) is 2.39. The molecule has 3 heteroatoms. The van der Waals surface area contributed by atoms with Crippen molar-refractivity contribution in [1.29, 1.82) is 0 Å². The SMILES string of the molecule is CC(C)Cc1noc2ccc(CO)cc12. The molecule has 0 atom stereocenters. The summed E-state index contributed by atoms with van der Waals surface area (Å²) in [5, 5.41) is 14.1. The van der Waals surface area contributed by atoms with Crippen LogP contribution in [0.2, 0.25) is 0 Å². The van der Waals surface area contributed by atoms with Crippen molar-refractivity contribution in [3.05, 3.63) is 29.5 Å². The van der Waals surface area contributed by atoms with Gasteiger partial charge in [-0.05, 0) is 30.0 Å². The minimum Gasteiger partial charge on any atom is -0.392 e. The Hall–Kier alpha value is -1.35. The van der Waals surface area contributed by atoms with Crippen LogP contribution in [-0.2, 0) is 13.0 Å². The van der Waals surface area contributed by atoms with Crippen molar-refractivity contribution in [2.24, 2.45) is 5.92 Å². The quantitative estimate of drug-likeness (QED) is 0.837. The zero-order valence-corrected chi connectivity index (χ0v) is 9.03. The first-order valence-electron chi connectivity index (χ1n) is 5.18. The normalized spacial score (nSPS) is 11.5. The molecule has 1 N–H and O–H groups in total. The summed E-state index contributed by atoms with van der Waals surface area (Å²) in [4.78, 5) is 0. The summed E-state index contributed by atoms with van der Waals surface area (Å²) < 4.78 is 5.22. The van der Waals surface area contributed by atoms with E-state index in [1.54, 1.807) is 0 Å². The zero-order chi connectivity index (χ0) is 10.8. The largest absolute Gasteiger partial charge is 0.392 e. The van der Waals surface area contributed by atoms with E-state index >= 15 is 0 Å². The minimum absolute atomic E-state index is 0.0578. The van der Waals surface area contributed by atoms with Crippen LogP contribution < -0.4 is 0 Å². The van der Waals surface area contributed by atoms with Crippen LogP contribution in [-0.4, -0.2) is 10.3 Å². The Morgan fingerprint density at radius 2 is 2.20 bits per heavy atom. The van der Waals surface area contributed by atoms with Gasteiger partial charge in [-0.3, -0.25) is 0 Å². The third-order valence-corrected chi connectivity index (χ3v) is 2.39. The second-order valence-electron chi connectivity index (χ2n) is 4.22. The number of nitrogens with zero attached hydrogens (tertiary/aromatic N) is 1. The molecule has 1 aromatic carbocycles. The molecule has 0 radical (unpaired) electrons. The van der Waals surface area contributed by atoms with Gasteiger partial charge in [0.2, 0.25) is 0 Å². The van der Waals surface area contributed by atoms with Crippen LogP contribution in [0.3, 0.4) is 0 Å². The number of fused-ring (bicyclic) bond motifs is 1. The van der Waals surface area contributed by atoms with Gasteiger partial charge in [-0.25, -0.2) is 0 Å². The first kappa shape index (κ1) is 10.2. The van der Waals surface area contributed by atoms with Gasteiger partial charge in [-0.1, -0.05) is 25.1 Å². The van der Waals surface area contributed by atoms with Gasteiger partial charge in [0.15, 0.2) is 5.58 Å². The number of aromatic nitrogens is 1. The lowest BCUT2D eigenvalue weighted by Gasteiger charge is -2.00. The summed E-state index contributed by atoms with van der Waals surface area (Å²) in [6.45, 7) is 4.36. The van der Waals surface area contributed by atoms with E-state index in [4.69, 9.17) is 9.63 Å². The average Bonchev–Trinajstić information content (AvgIpc) is 2.60. The molecule has 2 aromatic rings. The Bertz CT molecular complexity index is 460. The second kappa shape index (κ2) is 4.03. The van der Waals surface area contributed by atoms with Crippen molar-refractivity contribution in [1.82, 2.24) is 5.16 Å². The van der Waals surface area contributed by atoms with E-state index < -0.39 is 0 Å². The number of hydrogen-bond acceptors (Lipinski definition) is 3. The molecule has 0 aliphatic rings. The number of aliphatic hydroxyl groups is 1. The maximum absolute atomic E-state index is 9.06. The predicted octanol–water partition coefficient (Wildman–Crippen LogP) is 2.52. The molecule has 0 unspecified atom stereocenters. The Morgan fingerprint density at radius 1 is 1.40 bits per heavy atom. The van der Waals surface area contributed by atoms with Crippen LogP contribution in [0.4, 0.5) is 0 Å². The fraction of sp³-hybridized carbons (Fsp3) is 0.417. The van der Waals surface area contributed by atoms with E-state index in [0.717, 1.165) is 28.6 Å². The average molecular weight is 205 g/mol. The van der Waals surface area contributed by atoms with E-state index in [2.05, 4.69) is 19.0 Å². The van der Waals surface area contributed by atoms with Crippen molar-refractivity contribution in [3.8, 4) is 0 Å². The highest BCUT2D eigenvalue weighted by Crippen LogP contribution is 2.22. The summed E-state index contributed by atoms with van der Waals surface area (Å²) in [5.41, 5.74) is 2.67. The van der Waals surface area contributed by atoms with Crippen LogP contribution in [0.1, 0.15) is 25.1 Å². The molecule has 15 heavy (non-hydrogen) atoms. The molecule has 3 nitrogen and oxygen atoms in total. The number of benzene rings is 1. The molecular formula is C12H15NO2. The maximum Gasteiger partial charge on any atom is 0.167 e. The molecule has 2 rings (SSSR count). The summed E-state index contributed by atoms with van der Waals surface area (Å²) >= 11 is 0. The van der Waals surface area contributed by atoms with E-state index in [9.17, 15) is 0 Å². The van der Waals surface area contributed by atoms with Gasteiger partial charge in [-0.2, -0.15) is 0 Å². The van der Waals surface area contributed by atoms with E-state index in [0.29, 0.717) is 5.92 Å². The number of rotatable bonds is 3. The number of hydrogen-bond donors (Lipinski definition) is 1. The lowest BCUT2D eigenvalue weighted by Crippen LogP contribution is -1.94. The highest BCUT2D eigenvalue weighted by atomic mass is 16.5. The Balaban J connectivity index is 2.46. The van der Waals surface area contributed by atoms with Crippen molar-refractivity contribution in [3.63, 3.8) is 0 Å². The van der Waals surface area contributed by atoms with E-state index in [1.807, 2.05) is 18.2 Å². The van der Waals surface area contributed by atoms with E-state index in [-0.39, 0.29) is 6.61 Å². The van der Waals surface area contributed by atoms with Gasteiger partial charge in [-0.15, -0.1) is 0 Å². The van der Waals surface area contributed by atoms with E-state index in [1.165, 1.54) is 0 Å². The fourth-order valence-electron chi connectivity index (χ4n) is 1.67. The summed E-state index contributed by atoms with van der Waals surface area (Å²) in [6.07, 6.45) is 0.905. The Labute approximate surface area is 88.7 Å². The van der Waals surface area contributed by atoms with Gasteiger partial charge in [0.05, 0.1) is 12.3 Å². The number of aliphatic hydroxyl groups excluding tert-OH is 1. The zero-order valence-electron chi connectivity index (χ0n) is 9.03. The topological polar surface area (TPSA) is 46.3 Å². The first-order chi connectivity index (χ1) is 7.20. The summed E-state index contributed by atoms with van der Waals surface area (Å²) in [6, 6.07) is 5.66. The summed E-state index contributed by atoms with van der Waals surface area (Å²) in [5.74, 6) is 0.552. The molecule has 0 aliphatic carbocycles. The highest BCUT2D eigenvalue weighted by Gasteiger charge is 2.09. The Morgan fingerprint density at radius 3 is 2.87 bits per heavy atom. The van der Waals surface area contributed by atoms with Crippen LogP contribution in [0.25, 0.3) is 11.0 Å². The maximum atomic E-state index is 9.06. The molecule has 0 saturated heterocycles. The van der Waals surface area contributed by atoms with Gasteiger partial charge >= 0.3 is 0 Å². The lowest BCUT2D eigenvalue weighted by atomic mass is 10.0. The molecule has 1 heterocycles. The molecule has 80 valence electrons. The van der Waals surface area contributed by atoms with Crippen LogP contribution in [0.5, 0.6) is 0 Å². The molecule has 0 bridgehead atoms.